The van der Waals surface area contributed by atoms with Gasteiger partial charge in [0.2, 0.25) is 0 Å². The average molecular weight is 508 g/mol. The zero-order valence-corrected chi connectivity index (χ0v) is 23.7. The molecule has 0 aliphatic carbocycles. The fourth-order valence-electron chi connectivity index (χ4n) is 4.16. The summed E-state index contributed by atoms with van der Waals surface area (Å²) in [7, 11) is -2.45. The molecule has 2 bridgehead atoms. The van der Waals surface area contributed by atoms with Crippen molar-refractivity contribution >= 4 is 29.9 Å². The quantitative estimate of drug-likeness (QED) is 0.260. The molecule has 1 aliphatic rings. The van der Waals surface area contributed by atoms with Crippen LogP contribution in [0.5, 0.6) is 11.5 Å². The standard InChI is InChI=1S/C28H56B2O2P2/c1-27(2,3)33(29)22-17-15-13-11-9-7-8-10-12-14-16-18-23-34(30,28(4,5)6)32-26-21-19-20-25(24-26)31-33/h19-21,24H,7-18,22-23H2,1-6,29-30H3. The van der Waals surface area contributed by atoms with Crippen molar-refractivity contribution in [2.24, 2.45) is 0 Å². The molecule has 2 nitrogen and oxygen atoms in total. The van der Waals surface area contributed by atoms with Crippen molar-refractivity contribution in [2.45, 2.75) is 129 Å². The molecule has 0 spiro atoms. The minimum atomic E-state index is -1.34. The maximum atomic E-state index is 7.03. The van der Waals surface area contributed by atoms with E-state index in [-0.39, 0.29) is 15.1 Å². The summed E-state index contributed by atoms with van der Waals surface area (Å²) in [5.74, 6) is 2.17. The molecule has 0 amide bonds. The van der Waals surface area contributed by atoms with E-state index in [2.05, 4.69) is 65.8 Å². The highest BCUT2D eigenvalue weighted by Crippen LogP contribution is 2.67. The molecule has 0 saturated heterocycles. The van der Waals surface area contributed by atoms with Crippen LogP contribution in [0.4, 0.5) is 0 Å². The van der Waals surface area contributed by atoms with Gasteiger partial charge < -0.3 is 9.05 Å². The first kappa shape index (κ1) is 30.0. The Morgan fingerprint density at radius 2 is 0.853 bits per heavy atom. The second kappa shape index (κ2) is 13.4. The first-order chi connectivity index (χ1) is 15.9. The Morgan fingerprint density at radius 1 is 0.559 bits per heavy atom. The Balaban J connectivity index is 2.24. The third-order valence-corrected chi connectivity index (χ3v) is 11.5. The summed E-state index contributed by atoms with van der Waals surface area (Å²) < 4.78 is 14.1. The van der Waals surface area contributed by atoms with Gasteiger partial charge in [-0.1, -0.05) is 57.4 Å². The summed E-state index contributed by atoms with van der Waals surface area (Å²) in [5.41, 5.74) is 0. The van der Waals surface area contributed by atoms with Crippen LogP contribution in [0.2, 0.25) is 0 Å². The highest BCUT2D eigenvalue weighted by molar-refractivity contribution is 7.95. The molecule has 2 unspecified atom stereocenters. The lowest BCUT2D eigenvalue weighted by Crippen LogP contribution is -2.27. The fraction of sp³-hybridized carbons (Fsp3) is 0.786. The number of benzene rings is 1. The number of rotatable bonds is 0. The van der Waals surface area contributed by atoms with E-state index < -0.39 is 14.7 Å². The minimum absolute atomic E-state index is 0.110. The van der Waals surface area contributed by atoms with E-state index in [0.717, 1.165) is 11.5 Å². The Hall–Kier alpha value is -0.190. The molecule has 0 saturated carbocycles. The highest BCUT2D eigenvalue weighted by Gasteiger charge is 2.42. The monoisotopic (exact) mass is 508 g/mol. The maximum Gasteiger partial charge on any atom is 0.170 e. The number of hydrogen-bond donors (Lipinski definition) is 0. The second-order valence-corrected chi connectivity index (χ2v) is 16.9. The molecule has 34 heavy (non-hydrogen) atoms. The summed E-state index contributed by atoms with van der Waals surface area (Å²) >= 11 is 0. The van der Waals surface area contributed by atoms with E-state index in [1.165, 1.54) is 89.4 Å². The second-order valence-electron chi connectivity index (χ2n) is 11.4. The molecule has 2 rings (SSSR count). The average Bonchev–Trinajstić information content (AvgIpc) is 2.72. The van der Waals surface area contributed by atoms with E-state index in [1.54, 1.807) is 0 Å². The maximum absolute atomic E-state index is 7.03. The Kier molecular flexibility index (Phi) is 11.8. The number of fused-ring (bicyclic) bond motifs is 2. The van der Waals surface area contributed by atoms with Crippen LogP contribution in [-0.4, -0.2) is 37.8 Å². The Labute approximate surface area is 215 Å². The predicted octanol–water partition coefficient (Wildman–Crippen LogP) is 8.16. The van der Waals surface area contributed by atoms with Crippen LogP contribution in [0, 0.1) is 0 Å². The van der Waals surface area contributed by atoms with Crippen molar-refractivity contribution in [3.63, 3.8) is 0 Å². The molecule has 2 atom stereocenters. The van der Waals surface area contributed by atoms with Gasteiger partial charge in [0.15, 0.2) is 26.6 Å². The summed E-state index contributed by atoms with van der Waals surface area (Å²) in [6.45, 7) is 14.6. The molecule has 1 aromatic rings. The molecule has 0 N–H and O–H groups in total. The molecule has 196 valence electrons. The lowest BCUT2D eigenvalue weighted by atomic mass is 10.1. The van der Waals surface area contributed by atoms with Crippen molar-refractivity contribution in [2.75, 3.05) is 12.3 Å². The van der Waals surface area contributed by atoms with Crippen LogP contribution >= 0.6 is 14.7 Å². The van der Waals surface area contributed by atoms with E-state index in [0.29, 0.717) is 10.3 Å². The van der Waals surface area contributed by atoms with Crippen molar-refractivity contribution in [3.05, 3.63) is 24.3 Å². The SMILES string of the molecule is [BH3-][P+]1(C(C)(C)C)CCCCCCCCCCCCCC[P+]([BH3-])(C(C)(C)C)Oc2cccc(c2)O1. The van der Waals surface area contributed by atoms with E-state index in [9.17, 15) is 0 Å². The smallest absolute Gasteiger partial charge is 0.170 e. The topological polar surface area (TPSA) is 18.5 Å². The van der Waals surface area contributed by atoms with Crippen LogP contribution in [0.3, 0.4) is 0 Å². The molecular weight excluding hydrogens is 452 g/mol. The molecule has 1 aromatic carbocycles. The number of hydrogen-bond acceptors (Lipinski definition) is 2. The van der Waals surface area contributed by atoms with Gasteiger partial charge in [-0.05, 0) is 79.4 Å². The zero-order chi connectivity index (χ0) is 25.3. The third-order valence-electron chi connectivity index (χ3n) is 6.21. The van der Waals surface area contributed by atoms with Crippen molar-refractivity contribution in [1.29, 1.82) is 0 Å². The molecule has 6 heteroatoms. The van der Waals surface area contributed by atoms with Gasteiger partial charge in [0, 0.05) is 20.8 Å². The van der Waals surface area contributed by atoms with Crippen molar-refractivity contribution in [1.82, 2.24) is 0 Å². The van der Waals surface area contributed by atoms with Crippen LogP contribution < -0.4 is 9.05 Å². The first-order valence-electron chi connectivity index (χ1n) is 13.2. The molecular formula is C28H56B2O2P2. The molecule has 1 aliphatic heterocycles. The van der Waals surface area contributed by atoms with Crippen LogP contribution in [0.15, 0.2) is 24.3 Å². The third kappa shape index (κ3) is 9.36. The van der Waals surface area contributed by atoms with Crippen molar-refractivity contribution in [3.8, 4) is 11.5 Å². The minimum Gasteiger partial charge on any atom is -0.397 e. The summed E-state index contributed by atoms with van der Waals surface area (Å²) in [6.07, 6.45) is 19.6. The lowest BCUT2D eigenvalue weighted by molar-refractivity contribution is 0.537. The van der Waals surface area contributed by atoms with Crippen LogP contribution in [0.1, 0.15) is 119 Å². The molecule has 0 fully saturated rings. The lowest BCUT2D eigenvalue weighted by Gasteiger charge is -2.41. The van der Waals surface area contributed by atoms with Gasteiger partial charge >= 0.3 is 0 Å². The van der Waals surface area contributed by atoms with Gasteiger partial charge in [-0.3, -0.25) is 0 Å². The van der Waals surface area contributed by atoms with Gasteiger partial charge in [-0.2, -0.15) is 0 Å². The predicted molar refractivity (Wildman–Crippen MR) is 166 cm³/mol. The van der Waals surface area contributed by atoms with Crippen LogP contribution in [-0.2, 0) is 0 Å². The summed E-state index contributed by atoms with van der Waals surface area (Å²) in [5, 5.41) is 0.592. The molecule has 0 aromatic heterocycles. The van der Waals surface area contributed by atoms with E-state index in [4.69, 9.17) is 9.05 Å². The largest absolute Gasteiger partial charge is 0.397 e. The molecule has 1 heterocycles. The first-order valence-corrected chi connectivity index (χ1v) is 16.1. The normalized spacial score (nSPS) is 27.6. The molecule has 0 radical (unpaired) electrons. The van der Waals surface area contributed by atoms with Gasteiger partial charge in [-0.15, -0.1) is 0 Å². The summed E-state index contributed by atoms with van der Waals surface area (Å²) in [4.78, 5) is 0. The van der Waals surface area contributed by atoms with Gasteiger partial charge in [0.25, 0.3) is 0 Å². The van der Waals surface area contributed by atoms with Crippen molar-refractivity contribution < 1.29 is 9.05 Å². The fourth-order valence-corrected chi connectivity index (χ4v) is 7.99. The van der Waals surface area contributed by atoms with E-state index >= 15 is 0 Å². The zero-order valence-electron chi connectivity index (χ0n) is 21.9. The summed E-state index contributed by atoms with van der Waals surface area (Å²) in [6, 6.07) is 8.83. The van der Waals surface area contributed by atoms with Gasteiger partial charge in [0.1, 0.15) is 0 Å². The van der Waals surface area contributed by atoms with Gasteiger partial charge in [0.05, 0.1) is 22.6 Å². The highest BCUT2D eigenvalue weighted by atomic mass is 31.2. The van der Waals surface area contributed by atoms with Gasteiger partial charge in [-0.25, -0.2) is 0 Å². The van der Waals surface area contributed by atoms with Crippen LogP contribution in [0.25, 0.3) is 0 Å². The van der Waals surface area contributed by atoms with E-state index in [1.807, 2.05) is 0 Å². The Bertz CT molecular complexity index is 675. The Morgan fingerprint density at radius 3 is 1.15 bits per heavy atom.